The van der Waals surface area contributed by atoms with Crippen LogP contribution < -0.4 is 9.47 Å². The highest BCUT2D eigenvalue weighted by atomic mass is 16.5. The van der Waals surface area contributed by atoms with Gasteiger partial charge in [0.15, 0.2) is 0 Å². The Morgan fingerprint density at radius 1 is 1.06 bits per heavy atom. The zero-order chi connectivity index (χ0) is 11.7. The molecule has 0 fully saturated rings. The molecular weight excluding hydrogens is 216 g/mol. The second-order valence-electron chi connectivity index (χ2n) is 3.94. The maximum absolute atomic E-state index is 9.69. The first-order chi connectivity index (χ1) is 8.33. The third-order valence-corrected chi connectivity index (χ3v) is 2.72. The van der Waals surface area contributed by atoms with Crippen LogP contribution in [-0.4, -0.2) is 11.7 Å². The minimum Gasteiger partial charge on any atom is -0.490 e. The normalized spacial score (nSPS) is 17.4. The van der Waals surface area contributed by atoms with Crippen molar-refractivity contribution in [2.24, 2.45) is 0 Å². The van der Waals surface area contributed by atoms with Crippen molar-refractivity contribution in [2.75, 3.05) is 6.61 Å². The molecule has 1 unspecified atom stereocenters. The summed E-state index contributed by atoms with van der Waals surface area (Å²) in [6.07, 6.45) is -0.552. The molecule has 3 nitrogen and oxygen atoms in total. The molecule has 1 aliphatic heterocycles. The number of aliphatic hydroxyl groups excluding tert-OH is 1. The summed E-state index contributed by atoms with van der Waals surface area (Å²) in [6, 6.07) is 15.0. The van der Waals surface area contributed by atoms with Crippen molar-refractivity contribution >= 4 is 0 Å². The van der Waals surface area contributed by atoms with Gasteiger partial charge in [-0.1, -0.05) is 18.2 Å². The molecule has 1 heterocycles. The molecule has 0 aliphatic carbocycles. The lowest BCUT2D eigenvalue weighted by molar-refractivity contribution is 0.140. The van der Waals surface area contributed by atoms with Gasteiger partial charge in [-0.05, 0) is 30.3 Å². The van der Waals surface area contributed by atoms with Crippen molar-refractivity contribution in [1.29, 1.82) is 0 Å². The topological polar surface area (TPSA) is 38.7 Å². The van der Waals surface area contributed by atoms with Crippen molar-refractivity contribution in [3.05, 3.63) is 54.1 Å². The molecule has 1 atom stereocenters. The molecule has 3 heteroatoms. The molecule has 3 rings (SSSR count). The summed E-state index contributed by atoms with van der Waals surface area (Å²) in [5.74, 6) is 2.22. The predicted octanol–water partition coefficient (Wildman–Crippen LogP) is 2.90. The summed E-state index contributed by atoms with van der Waals surface area (Å²) < 4.78 is 11.0. The number of benzene rings is 2. The quantitative estimate of drug-likeness (QED) is 0.858. The van der Waals surface area contributed by atoms with E-state index in [9.17, 15) is 5.11 Å². The Labute approximate surface area is 99.2 Å². The van der Waals surface area contributed by atoms with Crippen molar-refractivity contribution in [3.63, 3.8) is 0 Å². The summed E-state index contributed by atoms with van der Waals surface area (Å²) >= 11 is 0. The van der Waals surface area contributed by atoms with E-state index >= 15 is 0 Å². The van der Waals surface area contributed by atoms with Crippen LogP contribution in [0.4, 0.5) is 0 Å². The van der Waals surface area contributed by atoms with Crippen molar-refractivity contribution < 1.29 is 14.6 Å². The van der Waals surface area contributed by atoms with Gasteiger partial charge in [-0.2, -0.15) is 0 Å². The van der Waals surface area contributed by atoms with Gasteiger partial charge in [0.25, 0.3) is 0 Å². The zero-order valence-corrected chi connectivity index (χ0v) is 9.17. The van der Waals surface area contributed by atoms with Crippen LogP contribution in [0.25, 0.3) is 0 Å². The van der Waals surface area contributed by atoms with E-state index in [4.69, 9.17) is 9.47 Å². The second-order valence-corrected chi connectivity index (χ2v) is 3.94. The van der Waals surface area contributed by atoms with Crippen LogP contribution in [0.3, 0.4) is 0 Å². The molecular formula is C14H12O3. The van der Waals surface area contributed by atoms with Crippen LogP contribution in [0.1, 0.15) is 11.7 Å². The van der Waals surface area contributed by atoms with Gasteiger partial charge in [0, 0.05) is 5.56 Å². The Hall–Kier alpha value is -2.00. The lowest BCUT2D eigenvalue weighted by Crippen LogP contribution is -1.97. The highest BCUT2D eigenvalue weighted by Crippen LogP contribution is 2.36. The zero-order valence-electron chi connectivity index (χ0n) is 9.17. The van der Waals surface area contributed by atoms with E-state index in [2.05, 4.69) is 0 Å². The molecule has 1 N–H and O–H groups in total. The predicted molar refractivity (Wildman–Crippen MR) is 63.4 cm³/mol. The van der Waals surface area contributed by atoms with E-state index in [1.807, 2.05) is 48.5 Å². The third kappa shape index (κ3) is 1.97. The van der Waals surface area contributed by atoms with Gasteiger partial charge >= 0.3 is 0 Å². The molecule has 2 aromatic rings. The average Bonchev–Trinajstić information content (AvgIpc) is 2.73. The summed E-state index contributed by atoms with van der Waals surface area (Å²) in [6.45, 7) is 0.324. The standard InChI is InChI=1S/C14H12O3/c15-13-9-16-14-7-6-11(8-12(13)14)17-10-4-2-1-3-5-10/h1-8,13,15H,9H2. The first kappa shape index (κ1) is 10.2. The molecule has 0 radical (unpaired) electrons. The Morgan fingerprint density at radius 3 is 2.71 bits per heavy atom. The van der Waals surface area contributed by atoms with Gasteiger partial charge in [0.1, 0.15) is 30.0 Å². The molecule has 0 saturated carbocycles. The Kier molecular flexibility index (Phi) is 2.46. The van der Waals surface area contributed by atoms with Crippen LogP contribution in [0, 0.1) is 0 Å². The minimum atomic E-state index is -0.552. The molecule has 0 amide bonds. The Morgan fingerprint density at radius 2 is 1.88 bits per heavy atom. The molecule has 1 aliphatic rings. The molecule has 2 aromatic carbocycles. The number of fused-ring (bicyclic) bond motifs is 1. The van der Waals surface area contributed by atoms with Crippen LogP contribution in [-0.2, 0) is 0 Å². The molecule has 0 bridgehead atoms. The van der Waals surface area contributed by atoms with Gasteiger partial charge in [-0.3, -0.25) is 0 Å². The van der Waals surface area contributed by atoms with E-state index in [0.717, 1.165) is 17.1 Å². The van der Waals surface area contributed by atoms with E-state index in [-0.39, 0.29) is 0 Å². The Balaban J connectivity index is 1.88. The highest BCUT2D eigenvalue weighted by molar-refractivity contribution is 5.45. The Bertz CT molecular complexity index is 522. The molecule has 86 valence electrons. The summed E-state index contributed by atoms with van der Waals surface area (Å²) in [7, 11) is 0. The largest absolute Gasteiger partial charge is 0.490 e. The van der Waals surface area contributed by atoms with Gasteiger partial charge in [-0.15, -0.1) is 0 Å². The third-order valence-electron chi connectivity index (χ3n) is 2.72. The molecule has 0 aromatic heterocycles. The van der Waals surface area contributed by atoms with Crippen LogP contribution >= 0.6 is 0 Å². The highest BCUT2D eigenvalue weighted by Gasteiger charge is 2.22. The number of hydrogen-bond donors (Lipinski definition) is 1. The monoisotopic (exact) mass is 228 g/mol. The van der Waals surface area contributed by atoms with Gasteiger partial charge in [0.05, 0.1) is 0 Å². The molecule has 0 saturated heterocycles. The smallest absolute Gasteiger partial charge is 0.128 e. The lowest BCUT2D eigenvalue weighted by Gasteiger charge is -2.07. The SMILES string of the molecule is OC1COc2ccc(Oc3ccccc3)cc21. The number of aliphatic hydroxyl groups is 1. The van der Waals surface area contributed by atoms with Crippen molar-refractivity contribution in [2.45, 2.75) is 6.10 Å². The average molecular weight is 228 g/mol. The number of ether oxygens (including phenoxy) is 2. The van der Waals surface area contributed by atoms with Crippen molar-refractivity contribution in [1.82, 2.24) is 0 Å². The van der Waals surface area contributed by atoms with Gasteiger partial charge < -0.3 is 14.6 Å². The minimum absolute atomic E-state index is 0.324. The first-order valence-corrected chi connectivity index (χ1v) is 5.50. The van der Waals surface area contributed by atoms with E-state index in [0.29, 0.717) is 12.4 Å². The first-order valence-electron chi connectivity index (χ1n) is 5.50. The van der Waals surface area contributed by atoms with E-state index in [1.54, 1.807) is 0 Å². The van der Waals surface area contributed by atoms with Crippen LogP contribution in [0.2, 0.25) is 0 Å². The fraction of sp³-hybridized carbons (Fsp3) is 0.143. The number of para-hydroxylation sites is 1. The van der Waals surface area contributed by atoms with E-state index < -0.39 is 6.10 Å². The molecule has 0 spiro atoms. The lowest BCUT2D eigenvalue weighted by atomic mass is 10.1. The van der Waals surface area contributed by atoms with Crippen LogP contribution in [0.5, 0.6) is 17.2 Å². The van der Waals surface area contributed by atoms with Crippen LogP contribution in [0.15, 0.2) is 48.5 Å². The van der Waals surface area contributed by atoms with Gasteiger partial charge in [-0.25, -0.2) is 0 Å². The number of hydrogen-bond acceptors (Lipinski definition) is 3. The fourth-order valence-corrected chi connectivity index (χ4v) is 1.86. The maximum Gasteiger partial charge on any atom is 0.128 e. The fourth-order valence-electron chi connectivity index (χ4n) is 1.86. The maximum atomic E-state index is 9.69. The summed E-state index contributed by atoms with van der Waals surface area (Å²) in [5, 5.41) is 9.69. The molecule has 17 heavy (non-hydrogen) atoms. The van der Waals surface area contributed by atoms with Gasteiger partial charge in [0.2, 0.25) is 0 Å². The summed E-state index contributed by atoms with van der Waals surface area (Å²) in [5.41, 5.74) is 0.790. The van der Waals surface area contributed by atoms with E-state index in [1.165, 1.54) is 0 Å². The summed E-state index contributed by atoms with van der Waals surface area (Å²) in [4.78, 5) is 0. The van der Waals surface area contributed by atoms with Crippen molar-refractivity contribution in [3.8, 4) is 17.2 Å². The second kappa shape index (κ2) is 4.11. The number of rotatable bonds is 2.